The third kappa shape index (κ3) is 4.89. The molecule has 1 atom stereocenters. The first-order valence-corrected chi connectivity index (χ1v) is 10.9. The van der Waals surface area contributed by atoms with Gasteiger partial charge in [0.15, 0.2) is 0 Å². The Hall–Kier alpha value is -1.99. The van der Waals surface area contributed by atoms with Crippen molar-refractivity contribution in [2.75, 3.05) is 38.6 Å². The summed E-state index contributed by atoms with van der Waals surface area (Å²) in [7, 11) is 0. The highest BCUT2D eigenvalue weighted by atomic mass is 32.2. The fraction of sp³-hybridized carbons (Fsp3) is 0.524. The normalized spacial score (nSPS) is 20.4. The first-order chi connectivity index (χ1) is 13.6. The highest BCUT2D eigenvalue weighted by molar-refractivity contribution is 8.00. The van der Waals surface area contributed by atoms with E-state index >= 15 is 0 Å². The van der Waals surface area contributed by atoms with Crippen molar-refractivity contribution >= 4 is 17.7 Å². The van der Waals surface area contributed by atoms with E-state index in [0.29, 0.717) is 18.8 Å². The summed E-state index contributed by atoms with van der Waals surface area (Å²) in [5.74, 6) is 1.16. The van der Waals surface area contributed by atoms with E-state index in [9.17, 15) is 9.90 Å². The van der Waals surface area contributed by atoms with Crippen LogP contribution < -0.4 is 0 Å². The Morgan fingerprint density at radius 2 is 2.14 bits per heavy atom. The summed E-state index contributed by atoms with van der Waals surface area (Å²) in [4.78, 5) is 21.0. The van der Waals surface area contributed by atoms with E-state index in [4.69, 9.17) is 4.74 Å². The van der Waals surface area contributed by atoms with E-state index in [1.807, 2.05) is 37.4 Å². The molecule has 6 nitrogen and oxygen atoms in total. The number of ether oxygens (including phenoxy) is 1. The molecule has 1 unspecified atom stereocenters. The molecule has 0 aliphatic carbocycles. The molecule has 1 aromatic heterocycles. The molecule has 1 saturated heterocycles. The number of pyridine rings is 1. The number of aryl methyl sites for hydroxylation is 1. The molecule has 0 amide bonds. The topological polar surface area (TPSA) is 65.9 Å². The molecule has 1 N–H and O–H groups in total. The Morgan fingerprint density at radius 3 is 2.79 bits per heavy atom. The second kappa shape index (κ2) is 9.98. The van der Waals surface area contributed by atoms with Crippen LogP contribution in [-0.2, 0) is 16.0 Å². The molecule has 3 heterocycles. The van der Waals surface area contributed by atoms with Crippen molar-refractivity contribution in [3.63, 3.8) is 0 Å². The van der Waals surface area contributed by atoms with Crippen LogP contribution in [0.2, 0.25) is 0 Å². The maximum Gasteiger partial charge on any atom is 0.334 e. The lowest BCUT2D eigenvalue weighted by Crippen LogP contribution is -2.48. The maximum absolute atomic E-state index is 12.0. The molecule has 28 heavy (non-hydrogen) atoms. The predicted octanol–water partition coefficient (Wildman–Crippen LogP) is 2.98. The third-order valence-corrected chi connectivity index (χ3v) is 6.18. The van der Waals surface area contributed by atoms with Gasteiger partial charge in [0.25, 0.3) is 0 Å². The fourth-order valence-electron chi connectivity index (χ4n) is 3.70. The Labute approximate surface area is 171 Å². The van der Waals surface area contributed by atoms with Gasteiger partial charge < -0.3 is 19.6 Å². The molecule has 0 bridgehead atoms. The Kier molecular flexibility index (Phi) is 7.39. The number of aromatic nitrogens is 1. The molecule has 2 aliphatic heterocycles. The minimum absolute atomic E-state index is 0.172. The summed E-state index contributed by atoms with van der Waals surface area (Å²) in [5.41, 5.74) is 2.42. The molecule has 0 spiro atoms. The van der Waals surface area contributed by atoms with Gasteiger partial charge in [-0.1, -0.05) is 13.0 Å². The molecule has 0 saturated carbocycles. The zero-order valence-electron chi connectivity index (χ0n) is 16.6. The largest absolute Gasteiger partial charge is 0.478 e. The Bertz CT molecular complexity index is 730. The summed E-state index contributed by atoms with van der Waals surface area (Å²) in [6.45, 7) is 7.88. The van der Waals surface area contributed by atoms with Crippen LogP contribution >= 0.6 is 11.8 Å². The number of carboxylic acid groups (broad SMARTS) is 1. The monoisotopic (exact) mass is 403 g/mol. The molecule has 0 aromatic carbocycles. The van der Waals surface area contributed by atoms with Gasteiger partial charge in [0, 0.05) is 31.5 Å². The van der Waals surface area contributed by atoms with Gasteiger partial charge in [-0.05, 0) is 49.3 Å². The van der Waals surface area contributed by atoms with E-state index in [2.05, 4.69) is 21.7 Å². The summed E-state index contributed by atoms with van der Waals surface area (Å²) in [6, 6.07) is 5.97. The van der Waals surface area contributed by atoms with Gasteiger partial charge >= 0.3 is 5.97 Å². The lowest BCUT2D eigenvalue weighted by atomic mass is 10.0. The van der Waals surface area contributed by atoms with Crippen molar-refractivity contribution in [3.8, 4) is 0 Å². The number of aliphatic carboxylic acids is 1. The molecule has 1 fully saturated rings. The molecule has 7 heteroatoms. The first-order valence-electron chi connectivity index (χ1n) is 9.88. The highest BCUT2D eigenvalue weighted by Crippen LogP contribution is 2.35. The smallest absolute Gasteiger partial charge is 0.334 e. The van der Waals surface area contributed by atoms with Gasteiger partial charge in [-0.25, -0.2) is 4.79 Å². The van der Waals surface area contributed by atoms with Crippen LogP contribution in [0.5, 0.6) is 0 Å². The third-order valence-electron chi connectivity index (χ3n) is 5.04. The summed E-state index contributed by atoms with van der Waals surface area (Å²) >= 11 is 1.69. The zero-order valence-corrected chi connectivity index (χ0v) is 17.5. The Balaban J connectivity index is 1.84. The quantitative estimate of drug-likeness (QED) is 0.716. The Morgan fingerprint density at radius 1 is 1.36 bits per heavy atom. The van der Waals surface area contributed by atoms with Gasteiger partial charge in [-0.2, -0.15) is 0 Å². The highest BCUT2D eigenvalue weighted by Gasteiger charge is 2.35. The van der Waals surface area contributed by atoms with Crippen molar-refractivity contribution in [2.24, 2.45) is 0 Å². The average Bonchev–Trinajstić information content (AvgIpc) is 2.70. The van der Waals surface area contributed by atoms with Crippen molar-refractivity contribution in [1.82, 2.24) is 14.8 Å². The maximum atomic E-state index is 12.0. The predicted molar refractivity (Wildman–Crippen MR) is 112 cm³/mol. The van der Waals surface area contributed by atoms with Crippen LogP contribution in [0.3, 0.4) is 0 Å². The number of carbonyl (C=O) groups is 1. The number of morpholine rings is 1. The van der Waals surface area contributed by atoms with Crippen LogP contribution in [0.25, 0.3) is 0 Å². The van der Waals surface area contributed by atoms with Crippen LogP contribution in [0.1, 0.15) is 26.0 Å². The van der Waals surface area contributed by atoms with E-state index < -0.39 is 5.97 Å². The molecule has 152 valence electrons. The fourth-order valence-corrected chi connectivity index (χ4v) is 4.87. The average molecular weight is 404 g/mol. The summed E-state index contributed by atoms with van der Waals surface area (Å²) < 4.78 is 5.52. The lowest BCUT2D eigenvalue weighted by Gasteiger charge is -2.44. The van der Waals surface area contributed by atoms with Crippen molar-refractivity contribution < 1.29 is 14.6 Å². The molecule has 2 aliphatic rings. The van der Waals surface area contributed by atoms with Gasteiger partial charge in [0.2, 0.25) is 0 Å². The minimum Gasteiger partial charge on any atom is -0.478 e. The van der Waals surface area contributed by atoms with Gasteiger partial charge in [0.05, 0.1) is 18.8 Å². The molecule has 1 aromatic rings. The molecule has 3 rings (SSSR count). The van der Waals surface area contributed by atoms with Crippen molar-refractivity contribution in [1.29, 1.82) is 0 Å². The van der Waals surface area contributed by atoms with Crippen molar-refractivity contribution in [2.45, 2.75) is 32.1 Å². The second-order valence-electron chi connectivity index (χ2n) is 6.93. The number of allylic oxidation sites excluding steroid dienone is 2. The number of rotatable bonds is 8. The number of carboxylic acids is 1. The van der Waals surface area contributed by atoms with Gasteiger partial charge in [-0.3, -0.25) is 4.98 Å². The standard InChI is InChI=1S/C21H29N3O3S/c1-3-28-20-19(21(25)26)16(2)15-18(23-11-13-27-14-12-23)24(20)10-6-8-17-7-4-5-9-22-17/h4-5,7,9,15,20H,3,6,8,10-14H2,1-2H3,(H,25,26). The first kappa shape index (κ1) is 20.7. The molecule has 0 radical (unpaired) electrons. The van der Waals surface area contributed by atoms with Crippen LogP contribution in [0, 0.1) is 0 Å². The van der Waals surface area contributed by atoms with E-state index in [1.54, 1.807) is 11.8 Å². The SMILES string of the molecule is CCSC1C(C(=O)O)=C(C)C=C(N2CCOCC2)N1CCCc1ccccn1. The van der Waals surface area contributed by atoms with E-state index in [0.717, 1.165) is 55.3 Å². The van der Waals surface area contributed by atoms with Gasteiger partial charge in [-0.15, -0.1) is 11.8 Å². The summed E-state index contributed by atoms with van der Waals surface area (Å²) in [5, 5.41) is 9.68. The van der Waals surface area contributed by atoms with Gasteiger partial charge in [0.1, 0.15) is 11.2 Å². The van der Waals surface area contributed by atoms with Crippen molar-refractivity contribution in [3.05, 3.63) is 53.1 Å². The molecular weight excluding hydrogens is 374 g/mol. The van der Waals surface area contributed by atoms with Crippen LogP contribution in [-0.4, -0.2) is 69.8 Å². The van der Waals surface area contributed by atoms with Crippen LogP contribution in [0.4, 0.5) is 0 Å². The number of hydrogen-bond acceptors (Lipinski definition) is 6. The number of nitrogens with zero attached hydrogens (tertiary/aromatic N) is 3. The van der Waals surface area contributed by atoms with E-state index in [-0.39, 0.29) is 5.37 Å². The molecular formula is C21H29N3O3S. The number of hydrogen-bond donors (Lipinski definition) is 1. The number of thioether (sulfide) groups is 1. The van der Waals surface area contributed by atoms with Crippen LogP contribution in [0.15, 0.2) is 47.4 Å². The lowest BCUT2D eigenvalue weighted by molar-refractivity contribution is -0.133. The van der Waals surface area contributed by atoms with E-state index in [1.165, 1.54) is 0 Å². The second-order valence-corrected chi connectivity index (χ2v) is 8.29. The minimum atomic E-state index is -0.824. The zero-order chi connectivity index (χ0) is 19.9. The summed E-state index contributed by atoms with van der Waals surface area (Å²) in [6.07, 6.45) is 5.66.